The van der Waals surface area contributed by atoms with E-state index in [-0.39, 0.29) is 18.9 Å². The second kappa shape index (κ2) is 9.73. The Balaban J connectivity index is 1.61. The fourth-order valence-corrected chi connectivity index (χ4v) is 2.96. The average Bonchev–Trinajstić information content (AvgIpc) is 2.74. The van der Waals surface area contributed by atoms with Gasteiger partial charge in [0.05, 0.1) is 25.7 Å². The third-order valence-electron chi connectivity index (χ3n) is 4.45. The number of carbonyl (C=O) groups excluding carboxylic acids is 2. The number of benzene rings is 2. The predicted molar refractivity (Wildman–Crippen MR) is 101 cm³/mol. The summed E-state index contributed by atoms with van der Waals surface area (Å²) >= 11 is 0. The molecular formula is C21H24N2O4. The first-order valence-corrected chi connectivity index (χ1v) is 9.10. The highest BCUT2D eigenvalue weighted by atomic mass is 16.5. The summed E-state index contributed by atoms with van der Waals surface area (Å²) < 4.78 is 10.6. The van der Waals surface area contributed by atoms with Gasteiger partial charge in [0.25, 0.3) is 0 Å². The second-order valence-electron chi connectivity index (χ2n) is 6.37. The zero-order valence-electron chi connectivity index (χ0n) is 15.2. The van der Waals surface area contributed by atoms with Gasteiger partial charge in [-0.1, -0.05) is 60.7 Å². The summed E-state index contributed by atoms with van der Waals surface area (Å²) in [4.78, 5) is 26.7. The minimum atomic E-state index is -0.539. The van der Waals surface area contributed by atoms with E-state index >= 15 is 0 Å². The third-order valence-corrected chi connectivity index (χ3v) is 4.45. The van der Waals surface area contributed by atoms with Crippen LogP contribution in [0.25, 0.3) is 0 Å². The zero-order chi connectivity index (χ0) is 18.9. The SMILES string of the molecule is O=C(N[C@@H](CC(=O)N1CCOCC1)c1ccccc1)OCc1ccccc1. The van der Waals surface area contributed by atoms with Crippen LogP contribution in [0.15, 0.2) is 60.7 Å². The summed E-state index contributed by atoms with van der Waals surface area (Å²) in [5.41, 5.74) is 1.78. The van der Waals surface area contributed by atoms with Crippen LogP contribution in [-0.4, -0.2) is 43.2 Å². The topological polar surface area (TPSA) is 67.9 Å². The average molecular weight is 368 g/mol. The summed E-state index contributed by atoms with van der Waals surface area (Å²) in [6.07, 6.45) is -0.354. The molecule has 0 bridgehead atoms. The molecule has 0 aromatic heterocycles. The van der Waals surface area contributed by atoms with E-state index in [0.717, 1.165) is 11.1 Å². The molecule has 1 fully saturated rings. The normalized spacial score (nSPS) is 15.0. The number of amides is 2. The van der Waals surface area contributed by atoms with Crippen molar-refractivity contribution in [2.75, 3.05) is 26.3 Å². The van der Waals surface area contributed by atoms with Gasteiger partial charge in [0.2, 0.25) is 5.91 Å². The van der Waals surface area contributed by atoms with Gasteiger partial charge >= 0.3 is 6.09 Å². The lowest BCUT2D eigenvalue weighted by atomic mass is 10.0. The molecule has 1 N–H and O–H groups in total. The molecule has 6 nitrogen and oxygen atoms in total. The fourth-order valence-electron chi connectivity index (χ4n) is 2.96. The van der Waals surface area contributed by atoms with Gasteiger partial charge in [-0.25, -0.2) is 4.79 Å². The van der Waals surface area contributed by atoms with Gasteiger partial charge in [-0.2, -0.15) is 0 Å². The summed E-state index contributed by atoms with van der Waals surface area (Å²) in [5, 5.41) is 2.83. The van der Waals surface area contributed by atoms with E-state index in [1.54, 1.807) is 4.90 Å². The molecule has 2 aromatic carbocycles. The predicted octanol–water partition coefficient (Wildman–Crippen LogP) is 2.90. The Kier molecular flexibility index (Phi) is 6.82. The van der Waals surface area contributed by atoms with E-state index in [4.69, 9.17) is 9.47 Å². The van der Waals surface area contributed by atoms with Crippen molar-refractivity contribution in [3.05, 3.63) is 71.8 Å². The number of nitrogens with zero attached hydrogens (tertiary/aromatic N) is 1. The van der Waals surface area contributed by atoms with Crippen molar-refractivity contribution in [1.82, 2.24) is 10.2 Å². The van der Waals surface area contributed by atoms with Crippen LogP contribution in [0.5, 0.6) is 0 Å². The van der Waals surface area contributed by atoms with Gasteiger partial charge in [-0.05, 0) is 11.1 Å². The Morgan fingerprint density at radius 3 is 2.30 bits per heavy atom. The third kappa shape index (κ3) is 5.82. The van der Waals surface area contributed by atoms with Crippen molar-refractivity contribution in [2.24, 2.45) is 0 Å². The summed E-state index contributed by atoms with van der Waals surface area (Å²) in [5.74, 6) is -0.00416. The first kappa shape index (κ1) is 18.9. The van der Waals surface area contributed by atoms with Crippen molar-refractivity contribution in [3.63, 3.8) is 0 Å². The van der Waals surface area contributed by atoms with E-state index < -0.39 is 12.1 Å². The standard InChI is InChI=1S/C21H24N2O4/c24-20(23-11-13-26-14-12-23)15-19(18-9-5-2-6-10-18)22-21(25)27-16-17-7-3-1-4-8-17/h1-10,19H,11-16H2,(H,22,25)/t19-/m0/s1. The number of hydrogen-bond acceptors (Lipinski definition) is 4. The number of hydrogen-bond donors (Lipinski definition) is 1. The number of rotatable bonds is 6. The molecule has 27 heavy (non-hydrogen) atoms. The van der Waals surface area contributed by atoms with Crippen LogP contribution in [0.1, 0.15) is 23.6 Å². The molecule has 0 spiro atoms. The van der Waals surface area contributed by atoms with Gasteiger partial charge in [0, 0.05) is 13.1 Å². The molecule has 0 aliphatic carbocycles. The van der Waals surface area contributed by atoms with Crippen molar-refractivity contribution in [2.45, 2.75) is 19.1 Å². The molecule has 1 heterocycles. The van der Waals surface area contributed by atoms with Crippen LogP contribution in [0.3, 0.4) is 0 Å². The molecule has 1 aliphatic rings. The van der Waals surface area contributed by atoms with Crippen molar-refractivity contribution in [1.29, 1.82) is 0 Å². The fraction of sp³-hybridized carbons (Fsp3) is 0.333. The van der Waals surface area contributed by atoms with Crippen molar-refractivity contribution >= 4 is 12.0 Å². The first-order valence-electron chi connectivity index (χ1n) is 9.10. The van der Waals surface area contributed by atoms with Crippen molar-refractivity contribution in [3.8, 4) is 0 Å². The summed E-state index contributed by atoms with van der Waals surface area (Å²) in [7, 11) is 0. The highest BCUT2D eigenvalue weighted by Crippen LogP contribution is 2.19. The summed E-state index contributed by atoms with van der Waals surface area (Å²) in [6, 6.07) is 18.5. The second-order valence-corrected chi connectivity index (χ2v) is 6.37. The number of ether oxygens (including phenoxy) is 2. The van der Waals surface area contributed by atoms with E-state index in [0.29, 0.717) is 26.3 Å². The molecule has 6 heteroatoms. The van der Waals surface area contributed by atoms with Crippen LogP contribution in [0.4, 0.5) is 4.79 Å². The lowest BCUT2D eigenvalue weighted by Gasteiger charge is -2.28. The van der Waals surface area contributed by atoms with Gasteiger partial charge in [-0.3, -0.25) is 4.79 Å². The Morgan fingerprint density at radius 1 is 1.00 bits per heavy atom. The molecule has 1 aliphatic heterocycles. The largest absolute Gasteiger partial charge is 0.445 e. The maximum atomic E-state index is 12.6. The smallest absolute Gasteiger partial charge is 0.407 e. The van der Waals surface area contributed by atoms with Gasteiger partial charge < -0.3 is 19.7 Å². The Labute approximate surface area is 159 Å². The molecule has 0 radical (unpaired) electrons. The van der Waals surface area contributed by atoms with Crippen LogP contribution >= 0.6 is 0 Å². The number of alkyl carbamates (subject to hydrolysis) is 1. The van der Waals surface area contributed by atoms with Crippen LogP contribution in [-0.2, 0) is 20.9 Å². The number of morpholine rings is 1. The Hall–Kier alpha value is -2.86. The Bertz CT molecular complexity index is 730. The van der Waals surface area contributed by atoms with Gasteiger partial charge in [0.15, 0.2) is 0 Å². The lowest BCUT2D eigenvalue weighted by Crippen LogP contribution is -2.42. The highest BCUT2D eigenvalue weighted by molar-refractivity contribution is 5.78. The van der Waals surface area contributed by atoms with E-state index in [1.165, 1.54) is 0 Å². The molecular weight excluding hydrogens is 344 g/mol. The zero-order valence-corrected chi connectivity index (χ0v) is 15.2. The lowest BCUT2D eigenvalue weighted by molar-refractivity contribution is -0.135. The number of carbonyl (C=O) groups is 2. The van der Waals surface area contributed by atoms with E-state index in [9.17, 15) is 9.59 Å². The van der Waals surface area contributed by atoms with Crippen LogP contribution in [0, 0.1) is 0 Å². The van der Waals surface area contributed by atoms with E-state index in [1.807, 2.05) is 60.7 Å². The molecule has 142 valence electrons. The molecule has 3 rings (SSSR count). The number of nitrogens with one attached hydrogen (secondary N) is 1. The molecule has 0 saturated carbocycles. The molecule has 0 unspecified atom stereocenters. The molecule has 2 amide bonds. The van der Waals surface area contributed by atoms with Gasteiger partial charge in [-0.15, -0.1) is 0 Å². The van der Waals surface area contributed by atoms with Gasteiger partial charge in [0.1, 0.15) is 6.61 Å². The Morgan fingerprint density at radius 2 is 1.63 bits per heavy atom. The quantitative estimate of drug-likeness (QED) is 0.851. The first-order chi connectivity index (χ1) is 13.2. The maximum absolute atomic E-state index is 12.6. The monoisotopic (exact) mass is 368 g/mol. The van der Waals surface area contributed by atoms with Crippen LogP contribution < -0.4 is 5.32 Å². The molecule has 1 saturated heterocycles. The molecule has 1 atom stereocenters. The minimum Gasteiger partial charge on any atom is -0.445 e. The highest BCUT2D eigenvalue weighted by Gasteiger charge is 2.23. The van der Waals surface area contributed by atoms with Crippen molar-refractivity contribution < 1.29 is 19.1 Å². The minimum absolute atomic E-state index is 0.00416. The van der Waals surface area contributed by atoms with E-state index in [2.05, 4.69) is 5.32 Å². The van der Waals surface area contributed by atoms with Crippen LogP contribution in [0.2, 0.25) is 0 Å². The molecule has 2 aromatic rings. The maximum Gasteiger partial charge on any atom is 0.407 e. The summed E-state index contributed by atoms with van der Waals surface area (Å²) in [6.45, 7) is 2.45.